The van der Waals surface area contributed by atoms with Crippen LogP contribution in [0, 0.1) is 0 Å². The molecule has 0 saturated carbocycles. The van der Waals surface area contributed by atoms with E-state index in [1.54, 1.807) is 12.1 Å². The maximum Gasteiger partial charge on any atom is 0.115 e. The molecule has 0 bridgehead atoms. The van der Waals surface area contributed by atoms with Gasteiger partial charge in [0.15, 0.2) is 0 Å². The predicted molar refractivity (Wildman–Crippen MR) is 81.0 cm³/mol. The van der Waals surface area contributed by atoms with Crippen LogP contribution in [0.15, 0.2) is 53.5 Å². The lowest BCUT2D eigenvalue weighted by Gasteiger charge is -2.12. The van der Waals surface area contributed by atoms with Crippen LogP contribution in [0.2, 0.25) is 5.02 Å². The fraction of sp³-hybridized carbons (Fsp3) is 0.133. The minimum atomic E-state index is -0.0979. The maximum absolute atomic E-state index is 9.31. The van der Waals surface area contributed by atoms with Gasteiger partial charge in [-0.25, -0.2) is 4.99 Å². The third-order valence-corrected chi connectivity index (χ3v) is 3.19. The van der Waals surface area contributed by atoms with E-state index in [0.29, 0.717) is 11.4 Å². The van der Waals surface area contributed by atoms with Gasteiger partial charge in [0, 0.05) is 5.02 Å². The summed E-state index contributed by atoms with van der Waals surface area (Å²) in [5, 5.41) is 12.5. The highest BCUT2D eigenvalue weighted by molar-refractivity contribution is 7.78. The molecule has 1 atom stereocenters. The fourth-order valence-corrected chi connectivity index (χ4v) is 2.10. The molecular weight excluding hydrogens is 278 g/mol. The molecule has 0 saturated heterocycles. The molecule has 0 heterocycles. The Balaban J connectivity index is 2.23. The van der Waals surface area contributed by atoms with Gasteiger partial charge in [0.05, 0.1) is 11.2 Å². The standard InChI is InChI=1S/C15H12ClNOS/c16-13-5-1-11(2-6-13)9-15(17-10-19)12-3-7-14(18)8-4-12/h1-8,15,18H,9H2. The smallest absolute Gasteiger partial charge is 0.115 e. The van der Waals surface area contributed by atoms with E-state index >= 15 is 0 Å². The van der Waals surface area contributed by atoms with Crippen molar-refractivity contribution in [1.82, 2.24) is 0 Å². The largest absolute Gasteiger partial charge is 0.508 e. The normalized spacial score (nSPS) is 11.6. The van der Waals surface area contributed by atoms with E-state index in [0.717, 1.165) is 11.1 Å². The zero-order chi connectivity index (χ0) is 13.7. The molecule has 0 amide bonds. The first-order chi connectivity index (χ1) is 9.19. The second-order valence-corrected chi connectivity index (χ2v) is 4.78. The first kappa shape index (κ1) is 13.8. The topological polar surface area (TPSA) is 32.6 Å². The van der Waals surface area contributed by atoms with Crippen LogP contribution in [-0.4, -0.2) is 10.3 Å². The molecule has 0 aliphatic heterocycles. The lowest BCUT2D eigenvalue weighted by atomic mass is 9.99. The molecule has 19 heavy (non-hydrogen) atoms. The third-order valence-electron chi connectivity index (χ3n) is 2.83. The van der Waals surface area contributed by atoms with Crippen LogP contribution in [0.1, 0.15) is 17.2 Å². The number of rotatable bonds is 4. The van der Waals surface area contributed by atoms with Gasteiger partial charge in [-0.3, -0.25) is 0 Å². The molecule has 0 radical (unpaired) electrons. The summed E-state index contributed by atoms with van der Waals surface area (Å²) in [7, 11) is 0. The summed E-state index contributed by atoms with van der Waals surface area (Å²) >= 11 is 10.6. The van der Waals surface area contributed by atoms with E-state index in [9.17, 15) is 5.11 Å². The quantitative estimate of drug-likeness (QED) is 0.667. The van der Waals surface area contributed by atoms with Crippen molar-refractivity contribution in [3.63, 3.8) is 0 Å². The Kier molecular flexibility index (Phi) is 4.69. The van der Waals surface area contributed by atoms with E-state index < -0.39 is 0 Å². The second-order valence-electron chi connectivity index (χ2n) is 4.16. The van der Waals surface area contributed by atoms with E-state index in [1.807, 2.05) is 36.4 Å². The molecule has 0 spiro atoms. The molecule has 0 fully saturated rings. The van der Waals surface area contributed by atoms with E-state index in [1.165, 1.54) is 0 Å². The van der Waals surface area contributed by atoms with Crippen molar-refractivity contribution in [3.8, 4) is 5.75 Å². The summed E-state index contributed by atoms with van der Waals surface area (Å²) in [4.78, 5) is 4.19. The number of aromatic hydroxyl groups is 1. The lowest BCUT2D eigenvalue weighted by Crippen LogP contribution is -1.99. The van der Waals surface area contributed by atoms with Crippen molar-refractivity contribution >= 4 is 29.0 Å². The summed E-state index contributed by atoms with van der Waals surface area (Å²) in [5.74, 6) is 0.236. The summed E-state index contributed by atoms with van der Waals surface area (Å²) in [6.07, 6.45) is 0.714. The minimum Gasteiger partial charge on any atom is -0.508 e. The van der Waals surface area contributed by atoms with Crippen molar-refractivity contribution in [2.24, 2.45) is 4.99 Å². The lowest BCUT2D eigenvalue weighted by molar-refractivity contribution is 0.475. The molecule has 4 heteroatoms. The van der Waals surface area contributed by atoms with Gasteiger partial charge in [0.2, 0.25) is 0 Å². The number of halogens is 1. The summed E-state index contributed by atoms with van der Waals surface area (Å²) < 4.78 is 0. The molecule has 1 N–H and O–H groups in total. The van der Waals surface area contributed by atoms with Gasteiger partial charge in [0.25, 0.3) is 0 Å². The molecule has 96 valence electrons. The zero-order valence-corrected chi connectivity index (χ0v) is 11.7. The summed E-state index contributed by atoms with van der Waals surface area (Å²) in [6, 6.07) is 14.5. The van der Waals surface area contributed by atoms with E-state index in [-0.39, 0.29) is 11.8 Å². The average Bonchev–Trinajstić information content (AvgIpc) is 2.42. The minimum absolute atomic E-state index is 0.0979. The Morgan fingerprint density at radius 2 is 1.74 bits per heavy atom. The Bertz CT molecular complexity index is 589. The van der Waals surface area contributed by atoms with Gasteiger partial charge < -0.3 is 5.11 Å². The van der Waals surface area contributed by atoms with Crippen LogP contribution >= 0.6 is 23.8 Å². The Morgan fingerprint density at radius 3 is 2.32 bits per heavy atom. The monoisotopic (exact) mass is 289 g/mol. The zero-order valence-electron chi connectivity index (χ0n) is 10.1. The number of isothiocyanates is 1. The molecule has 2 rings (SSSR count). The van der Waals surface area contributed by atoms with Crippen LogP contribution in [0.25, 0.3) is 0 Å². The second kappa shape index (κ2) is 6.48. The van der Waals surface area contributed by atoms with Crippen LogP contribution in [0.4, 0.5) is 0 Å². The van der Waals surface area contributed by atoms with E-state index in [4.69, 9.17) is 23.8 Å². The number of thiocarbonyl (C=S) groups is 1. The number of phenols is 1. The highest BCUT2D eigenvalue weighted by Crippen LogP contribution is 2.24. The molecular formula is C15H12ClNOS. The van der Waals surface area contributed by atoms with Gasteiger partial charge >= 0.3 is 0 Å². The van der Waals surface area contributed by atoms with Crippen molar-refractivity contribution in [1.29, 1.82) is 0 Å². The van der Waals surface area contributed by atoms with Crippen LogP contribution in [0.3, 0.4) is 0 Å². The number of hydrogen-bond acceptors (Lipinski definition) is 3. The average molecular weight is 290 g/mol. The van der Waals surface area contributed by atoms with Gasteiger partial charge in [-0.2, -0.15) is 0 Å². The van der Waals surface area contributed by atoms with Crippen molar-refractivity contribution in [2.75, 3.05) is 0 Å². The molecule has 0 aromatic heterocycles. The highest BCUT2D eigenvalue weighted by atomic mass is 35.5. The molecule has 2 aromatic rings. The summed E-state index contributed by atoms with van der Waals surface area (Å²) in [5.41, 5.74) is 2.11. The van der Waals surface area contributed by atoms with E-state index in [2.05, 4.69) is 10.2 Å². The molecule has 2 nitrogen and oxygen atoms in total. The first-order valence-electron chi connectivity index (χ1n) is 5.79. The SMILES string of the molecule is Oc1ccc(C(Cc2ccc(Cl)cc2)N=C=S)cc1. The number of benzene rings is 2. The number of hydrogen-bond donors (Lipinski definition) is 1. The fourth-order valence-electron chi connectivity index (χ4n) is 1.84. The number of phenolic OH excluding ortho intramolecular Hbond substituents is 1. The van der Waals surface area contributed by atoms with Crippen LogP contribution in [0.5, 0.6) is 5.75 Å². The highest BCUT2D eigenvalue weighted by Gasteiger charge is 2.10. The van der Waals surface area contributed by atoms with Crippen molar-refractivity contribution in [3.05, 3.63) is 64.7 Å². The van der Waals surface area contributed by atoms with Gasteiger partial charge in [0.1, 0.15) is 5.75 Å². The summed E-state index contributed by atoms with van der Waals surface area (Å²) in [6.45, 7) is 0. The van der Waals surface area contributed by atoms with Crippen LogP contribution < -0.4 is 0 Å². The first-order valence-corrected chi connectivity index (χ1v) is 6.58. The molecule has 0 aliphatic carbocycles. The Hall–Kier alpha value is -1.67. The predicted octanol–water partition coefficient (Wildman–Crippen LogP) is 4.43. The Labute approximate surface area is 122 Å². The maximum atomic E-state index is 9.31. The number of nitrogens with zero attached hydrogens (tertiary/aromatic N) is 1. The third kappa shape index (κ3) is 3.90. The van der Waals surface area contributed by atoms with Gasteiger partial charge in [-0.15, -0.1) is 0 Å². The Morgan fingerprint density at radius 1 is 1.11 bits per heavy atom. The molecule has 1 unspecified atom stereocenters. The molecule has 2 aromatic carbocycles. The van der Waals surface area contributed by atoms with Crippen molar-refractivity contribution < 1.29 is 5.11 Å². The van der Waals surface area contributed by atoms with Crippen LogP contribution in [-0.2, 0) is 6.42 Å². The number of aliphatic imine (C=N–C) groups is 1. The molecule has 0 aliphatic rings. The van der Waals surface area contributed by atoms with Gasteiger partial charge in [-0.05, 0) is 54.0 Å². The van der Waals surface area contributed by atoms with Crippen molar-refractivity contribution in [2.45, 2.75) is 12.5 Å². The van der Waals surface area contributed by atoms with Gasteiger partial charge in [-0.1, -0.05) is 35.9 Å².